The van der Waals surface area contributed by atoms with Gasteiger partial charge in [0, 0.05) is 6.54 Å². The molecule has 0 aromatic heterocycles. The van der Waals surface area contributed by atoms with Gasteiger partial charge in [-0.15, -0.1) is 0 Å². The van der Waals surface area contributed by atoms with Gasteiger partial charge in [-0.25, -0.2) is 0 Å². The average molecular weight is 223 g/mol. The Bertz CT molecular complexity index is 529. The highest BCUT2D eigenvalue weighted by atomic mass is 14.9. The zero-order chi connectivity index (χ0) is 11.7. The highest BCUT2D eigenvalue weighted by Gasteiger charge is 2.11. The molecular formula is C16H17N. The summed E-state index contributed by atoms with van der Waals surface area (Å²) in [6.07, 6.45) is 1.16. The van der Waals surface area contributed by atoms with Crippen molar-refractivity contribution in [2.45, 2.75) is 19.9 Å². The van der Waals surface area contributed by atoms with Crippen LogP contribution in [0.3, 0.4) is 0 Å². The van der Waals surface area contributed by atoms with Crippen LogP contribution >= 0.6 is 0 Å². The number of hydrogen-bond acceptors (Lipinski definition) is 1. The minimum Gasteiger partial charge on any atom is -0.312 e. The second kappa shape index (κ2) is 4.34. The largest absolute Gasteiger partial charge is 0.312 e. The van der Waals surface area contributed by atoms with Crippen molar-refractivity contribution < 1.29 is 0 Å². The van der Waals surface area contributed by atoms with Gasteiger partial charge in [-0.05, 0) is 53.8 Å². The van der Waals surface area contributed by atoms with Gasteiger partial charge in [0.15, 0.2) is 0 Å². The third kappa shape index (κ3) is 1.98. The summed E-state index contributed by atoms with van der Waals surface area (Å²) in [4.78, 5) is 0. The molecule has 0 unspecified atom stereocenters. The van der Waals surface area contributed by atoms with E-state index in [0.29, 0.717) is 0 Å². The van der Waals surface area contributed by atoms with Crippen LogP contribution in [0.25, 0.3) is 11.1 Å². The topological polar surface area (TPSA) is 12.0 Å². The minimum atomic E-state index is 1.01. The van der Waals surface area contributed by atoms with Crippen molar-refractivity contribution in [3.05, 3.63) is 59.2 Å². The van der Waals surface area contributed by atoms with Gasteiger partial charge >= 0.3 is 0 Å². The molecule has 0 atom stereocenters. The van der Waals surface area contributed by atoms with Crippen LogP contribution in [0.15, 0.2) is 42.5 Å². The molecule has 0 fully saturated rings. The predicted octanol–water partition coefficient (Wildman–Crippen LogP) is 3.31. The summed E-state index contributed by atoms with van der Waals surface area (Å²) in [5.74, 6) is 0. The van der Waals surface area contributed by atoms with E-state index in [2.05, 4.69) is 54.7 Å². The molecule has 86 valence electrons. The zero-order valence-corrected chi connectivity index (χ0v) is 10.2. The first-order valence-electron chi connectivity index (χ1n) is 6.23. The number of nitrogens with one attached hydrogen (secondary N) is 1. The number of aryl methyl sites for hydroxylation is 1. The average Bonchev–Trinajstić information content (AvgIpc) is 2.39. The van der Waals surface area contributed by atoms with Crippen LogP contribution in [0, 0.1) is 6.92 Å². The summed E-state index contributed by atoms with van der Waals surface area (Å²) in [6.45, 7) is 4.33. The Hall–Kier alpha value is -1.60. The summed E-state index contributed by atoms with van der Waals surface area (Å²) < 4.78 is 0. The highest BCUT2D eigenvalue weighted by Crippen LogP contribution is 2.27. The van der Waals surface area contributed by atoms with Crippen molar-refractivity contribution in [1.82, 2.24) is 5.32 Å². The van der Waals surface area contributed by atoms with Gasteiger partial charge in [0.05, 0.1) is 0 Å². The van der Waals surface area contributed by atoms with E-state index in [1.165, 1.54) is 27.8 Å². The SMILES string of the molecule is Cc1cc2c(cc1-c1ccccc1)CNCC2. The van der Waals surface area contributed by atoms with Gasteiger partial charge in [-0.1, -0.05) is 36.4 Å². The Morgan fingerprint density at radius 1 is 1.00 bits per heavy atom. The molecule has 3 rings (SSSR count). The Labute approximate surface area is 102 Å². The van der Waals surface area contributed by atoms with E-state index >= 15 is 0 Å². The van der Waals surface area contributed by atoms with Crippen molar-refractivity contribution in [3.8, 4) is 11.1 Å². The van der Waals surface area contributed by atoms with Crippen LogP contribution in [0.4, 0.5) is 0 Å². The second-order valence-electron chi connectivity index (χ2n) is 4.73. The second-order valence-corrected chi connectivity index (χ2v) is 4.73. The van der Waals surface area contributed by atoms with Crippen LogP contribution in [-0.2, 0) is 13.0 Å². The smallest absolute Gasteiger partial charge is 0.0208 e. The molecule has 1 heteroatoms. The van der Waals surface area contributed by atoms with Gasteiger partial charge in [0.25, 0.3) is 0 Å². The van der Waals surface area contributed by atoms with E-state index in [1.807, 2.05) is 0 Å². The molecule has 1 aliphatic rings. The lowest BCUT2D eigenvalue weighted by atomic mass is 9.92. The fraction of sp³-hybridized carbons (Fsp3) is 0.250. The molecule has 0 saturated heterocycles. The molecule has 0 bridgehead atoms. The zero-order valence-electron chi connectivity index (χ0n) is 10.2. The van der Waals surface area contributed by atoms with Gasteiger partial charge in [0.1, 0.15) is 0 Å². The fourth-order valence-electron chi connectivity index (χ4n) is 2.58. The van der Waals surface area contributed by atoms with E-state index in [1.54, 1.807) is 0 Å². The Kier molecular flexibility index (Phi) is 2.69. The molecule has 1 nitrogen and oxygen atoms in total. The Balaban J connectivity index is 2.12. The van der Waals surface area contributed by atoms with E-state index in [4.69, 9.17) is 0 Å². The lowest BCUT2D eigenvalue weighted by Crippen LogP contribution is -2.23. The monoisotopic (exact) mass is 223 g/mol. The summed E-state index contributed by atoms with van der Waals surface area (Å²) in [5.41, 5.74) is 7.05. The van der Waals surface area contributed by atoms with Crippen LogP contribution in [-0.4, -0.2) is 6.54 Å². The summed E-state index contributed by atoms with van der Waals surface area (Å²) >= 11 is 0. The van der Waals surface area contributed by atoms with E-state index in [0.717, 1.165) is 19.5 Å². The molecule has 0 aliphatic carbocycles. The predicted molar refractivity (Wildman–Crippen MR) is 72.0 cm³/mol. The number of hydrogen-bond donors (Lipinski definition) is 1. The Morgan fingerprint density at radius 2 is 1.82 bits per heavy atom. The maximum Gasteiger partial charge on any atom is 0.0208 e. The summed E-state index contributed by atoms with van der Waals surface area (Å²) in [6, 6.07) is 15.4. The van der Waals surface area contributed by atoms with Crippen molar-refractivity contribution in [2.24, 2.45) is 0 Å². The fourth-order valence-corrected chi connectivity index (χ4v) is 2.58. The van der Waals surface area contributed by atoms with Gasteiger partial charge in [0.2, 0.25) is 0 Å². The number of rotatable bonds is 1. The van der Waals surface area contributed by atoms with Crippen molar-refractivity contribution in [3.63, 3.8) is 0 Å². The molecule has 1 heterocycles. The lowest BCUT2D eigenvalue weighted by molar-refractivity contribution is 0.643. The molecule has 1 N–H and O–H groups in total. The van der Waals surface area contributed by atoms with Crippen molar-refractivity contribution >= 4 is 0 Å². The standard InChI is InChI=1S/C16H17N/c1-12-9-14-7-8-17-11-15(14)10-16(12)13-5-3-2-4-6-13/h2-6,9-10,17H,7-8,11H2,1H3. The van der Waals surface area contributed by atoms with Crippen LogP contribution in [0.2, 0.25) is 0 Å². The van der Waals surface area contributed by atoms with Crippen LogP contribution in [0.1, 0.15) is 16.7 Å². The van der Waals surface area contributed by atoms with E-state index in [9.17, 15) is 0 Å². The third-order valence-electron chi connectivity index (χ3n) is 3.52. The molecule has 2 aromatic rings. The highest BCUT2D eigenvalue weighted by molar-refractivity contribution is 5.68. The van der Waals surface area contributed by atoms with Gasteiger partial charge in [-0.2, -0.15) is 0 Å². The molecule has 17 heavy (non-hydrogen) atoms. The third-order valence-corrected chi connectivity index (χ3v) is 3.52. The van der Waals surface area contributed by atoms with Crippen LogP contribution < -0.4 is 5.32 Å². The molecule has 0 saturated carbocycles. The molecule has 0 spiro atoms. The molecule has 0 radical (unpaired) electrons. The van der Waals surface area contributed by atoms with Crippen molar-refractivity contribution in [2.75, 3.05) is 6.54 Å². The normalized spacial score (nSPS) is 14.4. The molecule has 1 aliphatic heterocycles. The van der Waals surface area contributed by atoms with E-state index < -0.39 is 0 Å². The molecule has 0 amide bonds. The van der Waals surface area contributed by atoms with Gasteiger partial charge in [-0.3, -0.25) is 0 Å². The summed E-state index contributed by atoms with van der Waals surface area (Å²) in [5, 5.41) is 3.44. The first-order chi connectivity index (χ1) is 8.34. The summed E-state index contributed by atoms with van der Waals surface area (Å²) in [7, 11) is 0. The maximum absolute atomic E-state index is 3.44. The number of fused-ring (bicyclic) bond motifs is 1. The quantitative estimate of drug-likeness (QED) is 0.782. The lowest BCUT2D eigenvalue weighted by Gasteiger charge is -2.19. The van der Waals surface area contributed by atoms with E-state index in [-0.39, 0.29) is 0 Å². The molecular weight excluding hydrogens is 206 g/mol. The van der Waals surface area contributed by atoms with Crippen molar-refractivity contribution in [1.29, 1.82) is 0 Å². The first kappa shape index (κ1) is 10.5. The first-order valence-corrected chi connectivity index (χ1v) is 6.23. The number of benzene rings is 2. The molecule has 2 aromatic carbocycles. The Morgan fingerprint density at radius 3 is 2.65 bits per heavy atom. The van der Waals surface area contributed by atoms with Gasteiger partial charge < -0.3 is 5.32 Å². The minimum absolute atomic E-state index is 1.01. The maximum atomic E-state index is 3.44. The van der Waals surface area contributed by atoms with Crippen LogP contribution in [0.5, 0.6) is 0 Å².